The minimum Gasteiger partial charge on any atom is -0.490 e. The molecule has 2 aromatic carbocycles. The van der Waals surface area contributed by atoms with Crippen LogP contribution in [0.15, 0.2) is 71.4 Å². The highest BCUT2D eigenvalue weighted by Crippen LogP contribution is 2.40. The number of benzene rings is 2. The van der Waals surface area contributed by atoms with Gasteiger partial charge in [-0.3, -0.25) is 10.1 Å². The summed E-state index contributed by atoms with van der Waals surface area (Å²) in [6.45, 7) is 5.73. The molecule has 0 fully saturated rings. The van der Waals surface area contributed by atoms with E-state index in [2.05, 4.69) is 5.32 Å². The number of carbonyl (C=O) groups is 2. The van der Waals surface area contributed by atoms with Crippen LogP contribution < -0.4 is 10.1 Å². The second kappa shape index (κ2) is 13.1. The molecule has 220 valence electrons. The molecule has 1 aliphatic heterocycles. The molecule has 0 bridgehead atoms. The summed E-state index contributed by atoms with van der Waals surface area (Å²) in [5, 5.41) is 14.3. The first-order valence-electron chi connectivity index (χ1n) is 12.2. The number of hydrogen-bond acceptors (Lipinski definition) is 10. The average Bonchev–Trinajstić information content (AvgIpc) is 2.88. The van der Waals surface area contributed by atoms with E-state index < -0.39 is 41.0 Å². The van der Waals surface area contributed by atoms with Crippen molar-refractivity contribution < 1.29 is 51.4 Å². The number of alkyl halides is 3. The molecule has 1 heterocycles. The Morgan fingerprint density at radius 1 is 0.976 bits per heavy atom. The Morgan fingerprint density at radius 3 is 2.22 bits per heavy atom. The number of dihydropyridines is 1. The van der Waals surface area contributed by atoms with Gasteiger partial charge in [0.15, 0.2) is 0 Å². The van der Waals surface area contributed by atoms with E-state index in [0.717, 1.165) is 12.1 Å². The minimum atomic E-state index is -4.55. The van der Waals surface area contributed by atoms with E-state index in [-0.39, 0.29) is 41.7 Å². The summed E-state index contributed by atoms with van der Waals surface area (Å²) in [7, 11) is 0. The third-order valence-electron chi connectivity index (χ3n) is 5.50. The van der Waals surface area contributed by atoms with Gasteiger partial charge in [-0.15, -0.1) is 0 Å². The maximum Gasteiger partial charge on any atom is 0.513 e. The normalized spacial score (nSPS) is 15.3. The SMILES string of the molecule is CC1=C(OC(=O)OCCOc2cccc(C(F)(F)F)c2)C(c2cccc([N+](=O)[O-])c2)C(OC(=O)OC(C)C)=C(C)N1. The Labute approximate surface area is 232 Å². The largest absolute Gasteiger partial charge is 0.513 e. The molecule has 1 atom stereocenters. The van der Waals surface area contributed by atoms with Crippen molar-refractivity contribution in [3.8, 4) is 5.75 Å². The lowest BCUT2D eigenvalue weighted by molar-refractivity contribution is -0.384. The molecule has 0 amide bonds. The lowest BCUT2D eigenvalue weighted by atomic mass is 9.90. The van der Waals surface area contributed by atoms with E-state index in [0.29, 0.717) is 11.4 Å². The van der Waals surface area contributed by atoms with E-state index >= 15 is 0 Å². The molecule has 11 nitrogen and oxygen atoms in total. The molecule has 2 aromatic rings. The summed E-state index contributed by atoms with van der Waals surface area (Å²) >= 11 is 0. The number of nitro groups is 1. The van der Waals surface area contributed by atoms with E-state index in [1.807, 2.05) is 0 Å². The van der Waals surface area contributed by atoms with Crippen molar-refractivity contribution in [2.24, 2.45) is 0 Å². The molecular weight excluding hydrogens is 553 g/mol. The number of nitrogens with zero attached hydrogens (tertiary/aromatic N) is 1. The Hall–Kier alpha value is -4.75. The molecule has 0 saturated carbocycles. The number of nitrogens with one attached hydrogen (secondary N) is 1. The summed E-state index contributed by atoms with van der Waals surface area (Å²) in [6.07, 6.45) is -7.29. The third-order valence-corrected chi connectivity index (χ3v) is 5.50. The standard InChI is InChI=1S/C27H27F3N2O9/c1-15(2)39-26(34)41-24-17(4)31-16(3)23(22(24)18-7-5-9-20(13-18)32(35)36)40-25(33)38-12-11-37-21-10-6-8-19(14-21)27(28,29)30/h5-10,13-15,22,31H,11-12H2,1-4H3. The fraction of sp³-hybridized carbons (Fsp3) is 0.333. The minimum absolute atomic E-state index is 0.0302. The number of nitro benzene ring substituents is 1. The highest BCUT2D eigenvalue weighted by molar-refractivity contribution is 5.65. The monoisotopic (exact) mass is 580 g/mol. The van der Waals surface area contributed by atoms with Crippen LogP contribution in [0.5, 0.6) is 5.75 Å². The first-order chi connectivity index (χ1) is 19.3. The second-order valence-corrected chi connectivity index (χ2v) is 8.98. The van der Waals surface area contributed by atoms with E-state index in [9.17, 15) is 32.9 Å². The van der Waals surface area contributed by atoms with E-state index in [4.69, 9.17) is 23.7 Å². The van der Waals surface area contributed by atoms with Crippen molar-refractivity contribution >= 4 is 18.0 Å². The summed E-state index contributed by atoms with van der Waals surface area (Å²) in [5.74, 6) is -1.28. The Bertz CT molecular complexity index is 1370. The number of allylic oxidation sites excluding steroid dienone is 2. The van der Waals surface area contributed by atoms with Crippen LogP contribution >= 0.6 is 0 Å². The highest BCUT2D eigenvalue weighted by atomic mass is 19.4. The summed E-state index contributed by atoms with van der Waals surface area (Å²) < 4.78 is 64.9. The van der Waals surface area contributed by atoms with Crippen LogP contribution in [-0.4, -0.2) is 36.6 Å². The Kier molecular flexibility index (Phi) is 9.81. The van der Waals surface area contributed by atoms with Gasteiger partial charge in [-0.25, -0.2) is 9.59 Å². The molecule has 0 aliphatic carbocycles. The molecule has 0 aromatic heterocycles. The maximum absolute atomic E-state index is 12.9. The van der Waals surface area contributed by atoms with Gasteiger partial charge in [0, 0.05) is 12.1 Å². The molecule has 0 saturated heterocycles. The summed E-state index contributed by atoms with van der Waals surface area (Å²) in [5.41, 5.74) is -0.208. The van der Waals surface area contributed by atoms with Crippen molar-refractivity contribution in [1.82, 2.24) is 5.32 Å². The van der Waals surface area contributed by atoms with Gasteiger partial charge in [0.05, 0.1) is 28.0 Å². The topological polar surface area (TPSA) is 135 Å². The number of non-ortho nitro benzene ring substituents is 1. The zero-order valence-electron chi connectivity index (χ0n) is 22.4. The van der Waals surface area contributed by atoms with Crippen LogP contribution in [0.3, 0.4) is 0 Å². The van der Waals surface area contributed by atoms with Crippen LogP contribution in [0.25, 0.3) is 0 Å². The van der Waals surface area contributed by atoms with Crippen molar-refractivity contribution in [1.29, 1.82) is 0 Å². The predicted molar refractivity (Wildman–Crippen MR) is 136 cm³/mol. The summed E-state index contributed by atoms with van der Waals surface area (Å²) in [4.78, 5) is 35.8. The molecule has 1 unspecified atom stereocenters. The molecule has 0 spiro atoms. The van der Waals surface area contributed by atoms with Crippen LogP contribution in [0.1, 0.15) is 44.7 Å². The maximum atomic E-state index is 12.9. The molecular formula is C27H27F3N2O9. The van der Waals surface area contributed by atoms with E-state index in [1.54, 1.807) is 27.7 Å². The van der Waals surface area contributed by atoms with Gasteiger partial charge >= 0.3 is 18.5 Å². The molecule has 14 heteroatoms. The Morgan fingerprint density at radius 2 is 1.61 bits per heavy atom. The lowest BCUT2D eigenvalue weighted by Gasteiger charge is -2.30. The van der Waals surface area contributed by atoms with Gasteiger partial charge in [0.1, 0.15) is 36.4 Å². The van der Waals surface area contributed by atoms with Gasteiger partial charge in [-0.1, -0.05) is 18.2 Å². The zero-order chi connectivity index (χ0) is 30.3. The van der Waals surface area contributed by atoms with Crippen molar-refractivity contribution in [2.45, 2.75) is 45.9 Å². The molecule has 1 aliphatic rings. The quantitative estimate of drug-likeness (QED) is 0.150. The van der Waals surface area contributed by atoms with Crippen LogP contribution in [-0.2, 0) is 25.1 Å². The molecule has 41 heavy (non-hydrogen) atoms. The Balaban J connectivity index is 1.77. The lowest BCUT2D eigenvalue weighted by Crippen LogP contribution is -2.29. The summed E-state index contributed by atoms with van der Waals surface area (Å²) in [6, 6.07) is 9.66. The molecule has 0 radical (unpaired) electrons. The van der Waals surface area contributed by atoms with Gasteiger partial charge in [-0.2, -0.15) is 13.2 Å². The first kappa shape index (κ1) is 30.8. The first-order valence-corrected chi connectivity index (χ1v) is 12.2. The fourth-order valence-corrected chi connectivity index (χ4v) is 3.82. The number of ether oxygens (including phenoxy) is 5. The number of hydrogen-bond donors (Lipinski definition) is 1. The van der Waals surface area contributed by atoms with E-state index in [1.165, 1.54) is 36.4 Å². The molecule has 1 N–H and O–H groups in total. The predicted octanol–water partition coefficient (Wildman–Crippen LogP) is 6.56. The van der Waals surface area contributed by atoms with Crippen molar-refractivity contribution in [2.75, 3.05) is 13.2 Å². The number of carbonyl (C=O) groups excluding carboxylic acids is 2. The van der Waals surface area contributed by atoms with Crippen molar-refractivity contribution in [3.05, 3.63) is 92.7 Å². The van der Waals surface area contributed by atoms with Crippen LogP contribution in [0.2, 0.25) is 0 Å². The van der Waals surface area contributed by atoms with Gasteiger partial charge in [0.25, 0.3) is 5.69 Å². The smallest absolute Gasteiger partial charge is 0.490 e. The zero-order valence-corrected chi connectivity index (χ0v) is 22.4. The number of rotatable bonds is 9. The highest BCUT2D eigenvalue weighted by Gasteiger charge is 2.36. The van der Waals surface area contributed by atoms with Gasteiger partial charge in [-0.05, 0) is 51.5 Å². The third kappa shape index (κ3) is 8.37. The average molecular weight is 581 g/mol. The number of halogens is 3. The van der Waals surface area contributed by atoms with Gasteiger partial charge in [0.2, 0.25) is 0 Å². The van der Waals surface area contributed by atoms with Crippen molar-refractivity contribution in [3.63, 3.8) is 0 Å². The molecule has 3 rings (SSSR count). The fourth-order valence-electron chi connectivity index (χ4n) is 3.82. The van der Waals surface area contributed by atoms with Crippen LogP contribution in [0.4, 0.5) is 28.4 Å². The van der Waals surface area contributed by atoms with Gasteiger partial charge < -0.3 is 29.0 Å². The van der Waals surface area contributed by atoms with Crippen LogP contribution in [0, 0.1) is 10.1 Å². The second-order valence-electron chi connectivity index (χ2n) is 8.98.